The summed E-state index contributed by atoms with van der Waals surface area (Å²) in [5.41, 5.74) is 11.4. The van der Waals surface area contributed by atoms with Gasteiger partial charge in [0.25, 0.3) is 0 Å². The molecule has 9 N–H and O–H groups in total. The van der Waals surface area contributed by atoms with E-state index in [0.29, 0.717) is 37.1 Å². The number of phenols is 1. The fourth-order valence-electron chi connectivity index (χ4n) is 3.13. The van der Waals surface area contributed by atoms with Gasteiger partial charge in [-0.05, 0) is 61.9 Å². The summed E-state index contributed by atoms with van der Waals surface area (Å²) in [6.07, 6.45) is 3.56. The molecule has 11 nitrogen and oxygen atoms in total. The highest BCUT2D eigenvalue weighted by Gasteiger charge is 2.29. The third-order valence-electron chi connectivity index (χ3n) is 5.02. The minimum absolute atomic E-state index is 0.0428. The molecule has 3 amide bonds. The Bertz CT molecular complexity index is 807. The van der Waals surface area contributed by atoms with E-state index in [9.17, 15) is 29.4 Å². The maximum Gasteiger partial charge on any atom is 0.326 e. The van der Waals surface area contributed by atoms with Gasteiger partial charge < -0.3 is 37.6 Å². The molecule has 34 heavy (non-hydrogen) atoms. The summed E-state index contributed by atoms with van der Waals surface area (Å²) in [6, 6.07) is 2.93. The monoisotopic (exact) mass is 497 g/mol. The Balaban J connectivity index is 3.06. The molecule has 1 rings (SSSR count). The Hall–Kier alpha value is -2.83. The van der Waals surface area contributed by atoms with E-state index in [-0.39, 0.29) is 25.1 Å². The largest absolute Gasteiger partial charge is 0.508 e. The molecule has 190 valence electrons. The highest BCUT2D eigenvalue weighted by molar-refractivity contribution is 7.98. The molecule has 3 atom stereocenters. The predicted octanol–water partition coefficient (Wildman–Crippen LogP) is -0.685. The van der Waals surface area contributed by atoms with Crippen molar-refractivity contribution in [2.45, 2.75) is 50.2 Å². The molecule has 0 fully saturated rings. The molecule has 0 saturated heterocycles. The van der Waals surface area contributed by atoms with E-state index in [1.54, 1.807) is 12.1 Å². The van der Waals surface area contributed by atoms with Crippen molar-refractivity contribution in [1.82, 2.24) is 16.0 Å². The van der Waals surface area contributed by atoms with Crippen LogP contribution in [-0.4, -0.2) is 77.1 Å². The summed E-state index contributed by atoms with van der Waals surface area (Å²) >= 11 is 1.49. The van der Waals surface area contributed by atoms with Gasteiger partial charge in [0.05, 0.1) is 6.54 Å². The van der Waals surface area contributed by atoms with Crippen LogP contribution in [0.25, 0.3) is 0 Å². The standard InChI is InChI=1S/C22H35N5O6S/c1-34-11-9-16(25-19(29)13-24)20(30)27-18(12-14-5-7-15(28)8-6-14)21(31)26-17(22(32)33)4-2-3-10-23/h5-8,16-18,28H,2-4,9-13,23-24H2,1H3,(H,25,29)(H,26,31)(H,27,30)(H,32,33). The van der Waals surface area contributed by atoms with E-state index in [1.165, 1.54) is 23.9 Å². The molecule has 1 aromatic rings. The molecule has 0 radical (unpaired) electrons. The number of carboxylic acid groups (broad SMARTS) is 1. The summed E-state index contributed by atoms with van der Waals surface area (Å²) in [7, 11) is 0. The zero-order valence-corrected chi connectivity index (χ0v) is 20.1. The fourth-order valence-corrected chi connectivity index (χ4v) is 3.60. The number of carbonyl (C=O) groups excluding carboxylic acids is 3. The SMILES string of the molecule is CSCCC(NC(=O)CN)C(=O)NC(Cc1ccc(O)cc1)C(=O)NC(CCCCN)C(=O)O. The summed E-state index contributed by atoms with van der Waals surface area (Å²) in [5.74, 6) is -2.32. The topological polar surface area (TPSA) is 197 Å². The number of nitrogens with two attached hydrogens (primary N) is 2. The Morgan fingerprint density at radius 3 is 2.09 bits per heavy atom. The molecule has 3 unspecified atom stereocenters. The number of carbonyl (C=O) groups is 4. The highest BCUT2D eigenvalue weighted by atomic mass is 32.2. The van der Waals surface area contributed by atoms with Crippen LogP contribution in [0.2, 0.25) is 0 Å². The fraction of sp³-hybridized carbons (Fsp3) is 0.545. The van der Waals surface area contributed by atoms with Crippen molar-refractivity contribution in [3.63, 3.8) is 0 Å². The number of hydrogen-bond donors (Lipinski definition) is 7. The van der Waals surface area contributed by atoms with Crippen molar-refractivity contribution in [3.05, 3.63) is 29.8 Å². The van der Waals surface area contributed by atoms with Crippen LogP contribution in [0.4, 0.5) is 0 Å². The van der Waals surface area contributed by atoms with Crippen molar-refractivity contribution in [3.8, 4) is 5.75 Å². The minimum Gasteiger partial charge on any atom is -0.508 e. The first-order chi connectivity index (χ1) is 16.2. The number of rotatable bonds is 16. The van der Waals surface area contributed by atoms with Crippen LogP contribution in [0.1, 0.15) is 31.2 Å². The second-order valence-corrected chi connectivity index (χ2v) is 8.71. The first-order valence-corrected chi connectivity index (χ1v) is 12.4. The van der Waals surface area contributed by atoms with Crippen LogP contribution in [0.5, 0.6) is 5.75 Å². The number of carboxylic acids is 1. The predicted molar refractivity (Wildman–Crippen MR) is 130 cm³/mol. The van der Waals surface area contributed by atoms with Crippen molar-refractivity contribution >= 4 is 35.5 Å². The molecule has 0 saturated carbocycles. The molecule has 12 heteroatoms. The normalized spacial score (nSPS) is 13.4. The Labute approximate surface area is 203 Å². The van der Waals surface area contributed by atoms with Crippen molar-refractivity contribution < 1.29 is 29.4 Å². The molecule has 0 aliphatic carbocycles. The second kappa shape index (κ2) is 15.9. The minimum atomic E-state index is -1.19. The van der Waals surface area contributed by atoms with E-state index in [4.69, 9.17) is 11.5 Å². The van der Waals surface area contributed by atoms with Gasteiger partial charge in [0.2, 0.25) is 17.7 Å². The third-order valence-corrected chi connectivity index (χ3v) is 5.66. The van der Waals surface area contributed by atoms with Gasteiger partial charge in [-0.1, -0.05) is 12.1 Å². The van der Waals surface area contributed by atoms with Crippen LogP contribution in [-0.2, 0) is 25.6 Å². The van der Waals surface area contributed by atoms with Gasteiger partial charge in [-0.15, -0.1) is 0 Å². The van der Waals surface area contributed by atoms with E-state index in [2.05, 4.69) is 16.0 Å². The summed E-state index contributed by atoms with van der Waals surface area (Å²) < 4.78 is 0. The lowest BCUT2D eigenvalue weighted by Crippen LogP contribution is -2.57. The van der Waals surface area contributed by atoms with Crippen molar-refractivity contribution in [1.29, 1.82) is 0 Å². The number of aliphatic carboxylic acids is 1. The average molecular weight is 498 g/mol. The maximum atomic E-state index is 13.0. The van der Waals surface area contributed by atoms with Gasteiger partial charge in [-0.3, -0.25) is 14.4 Å². The van der Waals surface area contributed by atoms with Crippen LogP contribution in [0.15, 0.2) is 24.3 Å². The van der Waals surface area contributed by atoms with E-state index in [1.807, 2.05) is 6.26 Å². The van der Waals surface area contributed by atoms with Gasteiger partial charge >= 0.3 is 5.97 Å². The van der Waals surface area contributed by atoms with Crippen LogP contribution in [0, 0.1) is 0 Å². The van der Waals surface area contributed by atoms with E-state index in [0.717, 1.165) is 0 Å². The Morgan fingerprint density at radius 1 is 0.912 bits per heavy atom. The van der Waals surface area contributed by atoms with Gasteiger partial charge in [-0.25, -0.2) is 4.79 Å². The number of phenolic OH excluding ortho intramolecular Hbond substituents is 1. The number of thioether (sulfide) groups is 1. The molecular formula is C22H35N5O6S. The number of amides is 3. The Kier molecular flexibility index (Phi) is 13.7. The number of unbranched alkanes of at least 4 members (excludes halogenated alkanes) is 1. The lowest BCUT2D eigenvalue weighted by molar-refractivity contribution is -0.142. The smallest absolute Gasteiger partial charge is 0.326 e. The maximum absolute atomic E-state index is 13.0. The molecule has 0 aliphatic rings. The molecule has 1 aromatic carbocycles. The van der Waals surface area contributed by atoms with Crippen LogP contribution < -0.4 is 27.4 Å². The zero-order chi connectivity index (χ0) is 25.5. The van der Waals surface area contributed by atoms with E-state index >= 15 is 0 Å². The third kappa shape index (κ3) is 10.9. The molecule has 0 aromatic heterocycles. The molecular weight excluding hydrogens is 462 g/mol. The first-order valence-electron chi connectivity index (χ1n) is 11.0. The van der Waals surface area contributed by atoms with Crippen LogP contribution in [0.3, 0.4) is 0 Å². The Morgan fingerprint density at radius 2 is 1.53 bits per heavy atom. The molecule has 0 spiro atoms. The van der Waals surface area contributed by atoms with Crippen molar-refractivity contribution in [2.75, 3.05) is 25.1 Å². The van der Waals surface area contributed by atoms with Crippen molar-refractivity contribution in [2.24, 2.45) is 11.5 Å². The number of benzene rings is 1. The number of aromatic hydroxyl groups is 1. The van der Waals surface area contributed by atoms with Crippen LogP contribution >= 0.6 is 11.8 Å². The average Bonchev–Trinajstić information content (AvgIpc) is 2.81. The first kappa shape index (κ1) is 29.2. The van der Waals surface area contributed by atoms with Gasteiger partial charge in [0.15, 0.2) is 0 Å². The molecule has 0 heterocycles. The second-order valence-electron chi connectivity index (χ2n) is 7.72. The number of nitrogens with one attached hydrogen (secondary N) is 3. The quantitative estimate of drug-likeness (QED) is 0.145. The zero-order valence-electron chi connectivity index (χ0n) is 19.3. The molecule has 0 aliphatic heterocycles. The summed E-state index contributed by atoms with van der Waals surface area (Å²) in [4.78, 5) is 49.4. The van der Waals surface area contributed by atoms with Gasteiger partial charge in [0, 0.05) is 6.42 Å². The number of hydrogen-bond acceptors (Lipinski definition) is 8. The van der Waals surface area contributed by atoms with Gasteiger partial charge in [-0.2, -0.15) is 11.8 Å². The molecule has 0 bridgehead atoms. The summed E-state index contributed by atoms with van der Waals surface area (Å²) in [6.45, 7) is 0.120. The lowest BCUT2D eigenvalue weighted by atomic mass is 10.0. The highest BCUT2D eigenvalue weighted by Crippen LogP contribution is 2.12. The van der Waals surface area contributed by atoms with Gasteiger partial charge in [0.1, 0.15) is 23.9 Å². The van der Waals surface area contributed by atoms with E-state index < -0.39 is 41.8 Å². The lowest BCUT2D eigenvalue weighted by Gasteiger charge is -2.24. The summed E-state index contributed by atoms with van der Waals surface area (Å²) in [5, 5.41) is 26.7.